The molecule has 1 aliphatic rings. The summed E-state index contributed by atoms with van der Waals surface area (Å²) in [4.78, 5) is 24.9. The van der Waals surface area contributed by atoms with E-state index in [4.69, 9.17) is 12.2 Å². The summed E-state index contributed by atoms with van der Waals surface area (Å²) in [7, 11) is 0. The lowest BCUT2D eigenvalue weighted by molar-refractivity contribution is -0.132. The second-order valence-electron chi connectivity index (χ2n) is 5.27. The van der Waals surface area contributed by atoms with Crippen molar-refractivity contribution in [2.24, 2.45) is 0 Å². The van der Waals surface area contributed by atoms with E-state index in [9.17, 15) is 14.0 Å². The Bertz CT molecular complexity index is 868. The molecule has 0 saturated carbocycles. The summed E-state index contributed by atoms with van der Waals surface area (Å²) in [5, 5.41) is 1.05. The molecule has 1 fully saturated rings. The third kappa shape index (κ3) is 4.32. The predicted molar refractivity (Wildman–Crippen MR) is 99.7 cm³/mol. The van der Waals surface area contributed by atoms with E-state index in [0.717, 1.165) is 22.3 Å². The average Bonchev–Trinajstić information content (AvgIpc) is 2.83. The van der Waals surface area contributed by atoms with Gasteiger partial charge in [0.05, 0.1) is 11.3 Å². The number of thiocarbonyl (C=S) groups is 1. The summed E-state index contributed by atoms with van der Waals surface area (Å²) in [6.45, 7) is 0. The monoisotopic (exact) mass is 372 g/mol. The number of carbonyl (C=O) groups excluding carboxylic acids is 2. The van der Waals surface area contributed by atoms with E-state index in [-0.39, 0.29) is 22.5 Å². The minimum Gasteiger partial charge on any atom is -0.273 e. The molecule has 1 aliphatic heterocycles. The number of hydrogen-bond donors (Lipinski definition) is 1. The Kier molecular flexibility index (Phi) is 5.25. The zero-order chi connectivity index (χ0) is 17.8. The van der Waals surface area contributed by atoms with Crippen molar-refractivity contribution in [1.82, 2.24) is 10.4 Å². The van der Waals surface area contributed by atoms with Gasteiger partial charge in [-0.2, -0.15) is 5.01 Å². The zero-order valence-electron chi connectivity index (χ0n) is 12.9. The van der Waals surface area contributed by atoms with E-state index in [0.29, 0.717) is 10.5 Å². The number of rotatable bonds is 4. The maximum absolute atomic E-state index is 13.3. The molecule has 0 radical (unpaired) electrons. The number of halogens is 1. The van der Waals surface area contributed by atoms with Crippen LogP contribution < -0.4 is 5.43 Å². The van der Waals surface area contributed by atoms with Crippen molar-refractivity contribution in [3.05, 3.63) is 76.4 Å². The van der Waals surface area contributed by atoms with Gasteiger partial charge in [0.25, 0.3) is 5.91 Å². The van der Waals surface area contributed by atoms with Gasteiger partial charge in [0.2, 0.25) is 5.91 Å². The van der Waals surface area contributed by atoms with Gasteiger partial charge < -0.3 is 0 Å². The molecule has 1 saturated heterocycles. The molecule has 0 aromatic heterocycles. The van der Waals surface area contributed by atoms with Crippen LogP contribution in [0.1, 0.15) is 11.1 Å². The zero-order valence-corrected chi connectivity index (χ0v) is 14.6. The second-order valence-corrected chi connectivity index (χ2v) is 6.95. The van der Waals surface area contributed by atoms with Gasteiger partial charge in [0, 0.05) is 0 Å². The van der Waals surface area contributed by atoms with Crippen LogP contribution in [0.25, 0.3) is 6.08 Å². The molecule has 3 rings (SSSR count). The number of hydrogen-bond acceptors (Lipinski definition) is 4. The molecule has 1 N–H and O–H groups in total. The number of benzene rings is 2. The standard InChI is InChI=1S/C18H13FN2O2S2/c19-14-8-4-7-13(9-14)10-15-17(23)21(18(24)25-15)20-16(22)11-12-5-2-1-3-6-12/h1-10H,11H2,(H,20,22)/b15-10-. The second kappa shape index (κ2) is 7.58. The van der Waals surface area contributed by atoms with Crippen molar-refractivity contribution in [2.45, 2.75) is 6.42 Å². The van der Waals surface area contributed by atoms with Gasteiger partial charge in [-0.1, -0.05) is 54.2 Å². The molecule has 0 unspecified atom stereocenters. The van der Waals surface area contributed by atoms with Gasteiger partial charge in [-0.3, -0.25) is 15.0 Å². The first-order valence-corrected chi connectivity index (χ1v) is 8.62. The smallest absolute Gasteiger partial charge is 0.273 e. The van der Waals surface area contributed by atoms with Crippen LogP contribution in [-0.2, 0) is 16.0 Å². The van der Waals surface area contributed by atoms with Crippen molar-refractivity contribution in [1.29, 1.82) is 0 Å². The summed E-state index contributed by atoms with van der Waals surface area (Å²) in [5.74, 6) is -1.16. The number of nitrogens with zero attached hydrogens (tertiary/aromatic N) is 1. The molecular formula is C18H13FN2O2S2. The van der Waals surface area contributed by atoms with Crippen LogP contribution >= 0.6 is 24.0 Å². The Balaban J connectivity index is 1.70. The van der Waals surface area contributed by atoms with Gasteiger partial charge in [-0.15, -0.1) is 0 Å². The van der Waals surface area contributed by atoms with Crippen molar-refractivity contribution < 1.29 is 14.0 Å². The third-order valence-electron chi connectivity index (χ3n) is 3.38. The third-order valence-corrected chi connectivity index (χ3v) is 4.69. The fourth-order valence-electron chi connectivity index (χ4n) is 2.26. The fourth-order valence-corrected chi connectivity index (χ4v) is 3.44. The van der Waals surface area contributed by atoms with E-state index in [1.165, 1.54) is 12.1 Å². The summed E-state index contributed by atoms with van der Waals surface area (Å²) in [6, 6.07) is 15.1. The van der Waals surface area contributed by atoms with E-state index in [1.807, 2.05) is 30.3 Å². The largest absolute Gasteiger partial charge is 0.285 e. The summed E-state index contributed by atoms with van der Waals surface area (Å²) in [5.41, 5.74) is 3.91. The lowest BCUT2D eigenvalue weighted by atomic mass is 10.1. The van der Waals surface area contributed by atoms with E-state index in [2.05, 4.69) is 5.43 Å². The minimum absolute atomic E-state index is 0.140. The minimum atomic E-state index is -0.430. The molecule has 0 spiro atoms. The van der Waals surface area contributed by atoms with Crippen molar-refractivity contribution >= 4 is 46.2 Å². The molecule has 1 heterocycles. The Morgan fingerprint density at radius 3 is 2.68 bits per heavy atom. The Morgan fingerprint density at radius 1 is 1.20 bits per heavy atom. The van der Waals surface area contributed by atoms with Gasteiger partial charge in [-0.05, 0) is 41.6 Å². The van der Waals surface area contributed by atoms with E-state index < -0.39 is 5.91 Å². The Hall–Kier alpha value is -2.51. The molecule has 7 heteroatoms. The van der Waals surface area contributed by atoms with Crippen LogP contribution in [-0.4, -0.2) is 21.1 Å². The molecule has 2 aromatic rings. The van der Waals surface area contributed by atoms with Crippen LogP contribution in [0.4, 0.5) is 4.39 Å². The first-order chi connectivity index (χ1) is 12.0. The van der Waals surface area contributed by atoms with Crippen LogP contribution in [0.5, 0.6) is 0 Å². The summed E-state index contributed by atoms with van der Waals surface area (Å²) in [6.07, 6.45) is 1.69. The molecule has 25 heavy (non-hydrogen) atoms. The number of thioether (sulfide) groups is 1. The van der Waals surface area contributed by atoms with E-state index in [1.54, 1.807) is 18.2 Å². The fraction of sp³-hybridized carbons (Fsp3) is 0.0556. The van der Waals surface area contributed by atoms with Crippen LogP contribution in [0, 0.1) is 5.82 Å². The molecule has 4 nitrogen and oxygen atoms in total. The first-order valence-electron chi connectivity index (χ1n) is 7.40. The van der Waals surface area contributed by atoms with Gasteiger partial charge in [0.1, 0.15) is 5.82 Å². The van der Waals surface area contributed by atoms with Crippen molar-refractivity contribution in [2.75, 3.05) is 0 Å². The molecule has 2 amide bonds. The highest BCUT2D eigenvalue weighted by Gasteiger charge is 2.33. The molecule has 0 bridgehead atoms. The normalized spacial score (nSPS) is 15.7. The summed E-state index contributed by atoms with van der Waals surface area (Å²) < 4.78 is 13.5. The van der Waals surface area contributed by atoms with Crippen LogP contribution in [0.2, 0.25) is 0 Å². The predicted octanol–water partition coefficient (Wildman–Crippen LogP) is 3.30. The highest BCUT2D eigenvalue weighted by molar-refractivity contribution is 8.26. The Morgan fingerprint density at radius 2 is 1.96 bits per heavy atom. The molecule has 2 aromatic carbocycles. The molecule has 0 aliphatic carbocycles. The maximum atomic E-state index is 13.3. The van der Waals surface area contributed by atoms with Gasteiger partial charge in [0.15, 0.2) is 4.32 Å². The number of amides is 2. The maximum Gasteiger partial charge on any atom is 0.285 e. The van der Waals surface area contributed by atoms with E-state index >= 15 is 0 Å². The lowest BCUT2D eigenvalue weighted by Gasteiger charge is -2.15. The van der Waals surface area contributed by atoms with Crippen LogP contribution in [0.3, 0.4) is 0 Å². The Labute approximate surface area is 153 Å². The lowest BCUT2D eigenvalue weighted by Crippen LogP contribution is -2.45. The summed E-state index contributed by atoms with van der Waals surface area (Å²) >= 11 is 6.22. The SMILES string of the molecule is O=C(Cc1ccccc1)NN1C(=O)/C(=C/c2cccc(F)c2)SC1=S. The quantitative estimate of drug-likeness (QED) is 0.661. The van der Waals surface area contributed by atoms with Crippen LogP contribution in [0.15, 0.2) is 59.5 Å². The number of nitrogens with one attached hydrogen (secondary N) is 1. The first kappa shape index (κ1) is 17.3. The molecule has 0 atom stereocenters. The van der Waals surface area contributed by atoms with Gasteiger partial charge >= 0.3 is 0 Å². The average molecular weight is 372 g/mol. The molecule has 126 valence electrons. The highest BCUT2D eigenvalue weighted by atomic mass is 32.2. The molecular weight excluding hydrogens is 359 g/mol. The van der Waals surface area contributed by atoms with Crippen molar-refractivity contribution in [3.63, 3.8) is 0 Å². The van der Waals surface area contributed by atoms with Gasteiger partial charge in [-0.25, -0.2) is 4.39 Å². The van der Waals surface area contributed by atoms with Crippen molar-refractivity contribution in [3.8, 4) is 0 Å². The number of hydrazine groups is 1. The topological polar surface area (TPSA) is 49.4 Å². The number of carbonyl (C=O) groups is 2. The highest BCUT2D eigenvalue weighted by Crippen LogP contribution is 2.31.